The molecule has 0 aliphatic heterocycles. The molecule has 0 unspecified atom stereocenters. The summed E-state index contributed by atoms with van der Waals surface area (Å²) in [5, 5.41) is 22.2. The van der Waals surface area contributed by atoms with Gasteiger partial charge in [-0.3, -0.25) is 5.10 Å². The summed E-state index contributed by atoms with van der Waals surface area (Å²) in [6.45, 7) is -0.297. The number of hydrogen-bond donors (Lipinski definition) is 5. The Morgan fingerprint density at radius 3 is 2.66 bits per heavy atom. The second kappa shape index (κ2) is 8.15. The maximum atomic E-state index is 12.0. The number of nitrogens with one attached hydrogen (secondary N) is 4. The van der Waals surface area contributed by atoms with Crippen LogP contribution in [0.5, 0.6) is 0 Å². The SMILES string of the molecule is O=S(=O)(NCCO)c1ccc(Nc2nccc(Nc3cc(C4CC4)[nH]n3)n2)cc1.[HH].[HH].[HH].[HH].[HH]. The topological polar surface area (TPSA) is 145 Å². The van der Waals surface area contributed by atoms with Crippen LogP contribution in [0, 0.1) is 0 Å². The van der Waals surface area contributed by atoms with Crippen molar-refractivity contribution in [1.82, 2.24) is 24.9 Å². The lowest BCUT2D eigenvalue weighted by atomic mass is 10.3. The van der Waals surface area contributed by atoms with Crippen molar-refractivity contribution in [1.29, 1.82) is 0 Å². The first-order chi connectivity index (χ1) is 14.0. The fourth-order valence-electron chi connectivity index (χ4n) is 2.73. The molecule has 5 N–H and O–H groups in total. The summed E-state index contributed by atoms with van der Waals surface area (Å²) in [7, 11) is -3.64. The Morgan fingerprint density at radius 2 is 1.93 bits per heavy atom. The van der Waals surface area contributed by atoms with E-state index in [4.69, 9.17) is 5.11 Å². The fraction of sp³-hybridized carbons (Fsp3) is 0.278. The number of sulfonamides is 1. The van der Waals surface area contributed by atoms with Gasteiger partial charge >= 0.3 is 0 Å². The molecular formula is C18H31N7O3S. The largest absolute Gasteiger partial charge is 0.395 e. The normalized spacial score (nSPS) is 14.0. The molecule has 0 spiro atoms. The van der Waals surface area contributed by atoms with Gasteiger partial charge in [-0.25, -0.2) is 18.1 Å². The minimum absolute atomic E-state index is 0. The lowest BCUT2D eigenvalue weighted by Crippen LogP contribution is -2.26. The number of benzene rings is 1. The molecule has 2 aromatic heterocycles. The van der Waals surface area contributed by atoms with Gasteiger partial charge in [0.05, 0.1) is 11.5 Å². The zero-order valence-corrected chi connectivity index (χ0v) is 16.3. The average Bonchev–Trinajstić information content (AvgIpc) is 3.47. The fourth-order valence-corrected chi connectivity index (χ4v) is 3.75. The molecule has 11 heteroatoms. The van der Waals surface area contributed by atoms with Crippen molar-refractivity contribution in [2.24, 2.45) is 0 Å². The van der Waals surface area contributed by atoms with Crippen molar-refractivity contribution < 1.29 is 20.7 Å². The van der Waals surface area contributed by atoms with Gasteiger partial charge in [0.15, 0.2) is 5.82 Å². The van der Waals surface area contributed by atoms with E-state index in [0.29, 0.717) is 29.2 Å². The number of hydrogen-bond acceptors (Lipinski definition) is 8. The molecular weight excluding hydrogens is 394 g/mol. The summed E-state index contributed by atoms with van der Waals surface area (Å²) in [4.78, 5) is 8.69. The molecule has 3 aromatic rings. The van der Waals surface area contributed by atoms with Crippen LogP contribution < -0.4 is 15.4 Å². The predicted octanol–water partition coefficient (Wildman–Crippen LogP) is 3.06. The highest BCUT2D eigenvalue weighted by atomic mass is 32.2. The van der Waals surface area contributed by atoms with Crippen molar-refractivity contribution in [3.8, 4) is 0 Å². The molecule has 1 saturated carbocycles. The summed E-state index contributed by atoms with van der Waals surface area (Å²) < 4.78 is 26.4. The summed E-state index contributed by atoms with van der Waals surface area (Å²) in [5.74, 6) is 2.23. The van der Waals surface area contributed by atoms with Gasteiger partial charge < -0.3 is 15.7 Å². The highest BCUT2D eigenvalue weighted by molar-refractivity contribution is 7.89. The zero-order valence-electron chi connectivity index (χ0n) is 15.5. The Balaban J connectivity index is 0. The van der Waals surface area contributed by atoms with E-state index in [1.54, 1.807) is 24.4 Å². The minimum Gasteiger partial charge on any atom is -0.395 e. The van der Waals surface area contributed by atoms with E-state index in [1.165, 1.54) is 25.0 Å². The monoisotopic (exact) mass is 425 g/mol. The van der Waals surface area contributed by atoms with E-state index in [0.717, 1.165) is 5.69 Å². The highest BCUT2D eigenvalue weighted by Gasteiger charge is 2.25. The highest BCUT2D eigenvalue weighted by Crippen LogP contribution is 2.39. The van der Waals surface area contributed by atoms with E-state index in [2.05, 4.69) is 35.5 Å². The smallest absolute Gasteiger partial charge is 0.240 e. The third-order valence-electron chi connectivity index (χ3n) is 4.35. The maximum Gasteiger partial charge on any atom is 0.240 e. The van der Waals surface area contributed by atoms with Crippen LogP contribution in [0.25, 0.3) is 0 Å². The second-order valence-electron chi connectivity index (χ2n) is 6.64. The van der Waals surface area contributed by atoms with Crippen molar-refractivity contribution in [3.05, 3.63) is 48.3 Å². The molecule has 0 radical (unpaired) electrons. The van der Waals surface area contributed by atoms with E-state index in [1.807, 2.05) is 6.07 Å². The number of nitrogens with zero attached hydrogens (tertiary/aromatic N) is 3. The first kappa shape index (κ1) is 19.3. The Kier molecular flexibility index (Phi) is 5.43. The average molecular weight is 426 g/mol. The first-order valence-electron chi connectivity index (χ1n) is 9.16. The molecule has 0 amide bonds. The van der Waals surface area contributed by atoms with Crippen molar-refractivity contribution in [2.45, 2.75) is 23.7 Å². The number of aromatic nitrogens is 4. The number of aliphatic hydroxyl groups is 1. The van der Waals surface area contributed by atoms with Crippen LogP contribution in [-0.2, 0) is 10.0 Å². The van der Waals surface area contributed by atoms with Crippen molar-refractivity contribution >= 4 is 33.3 Å². The van der Waals surface area contributed by atoms with E-state index in [-0.39, 0.29) is 25.2 Å². The molecule has 0 bridgehead atoms. The van der Waals surface area contributed by atoms with Crippen molar-refractivity contribution in [2.75, 3.05) is 23.8 Å². The van der Waals surface area contributed by atoms with Gasteiger partial charge in [0.25, 0.3) is 0 Å². The molecule has 0 saturated heterocycles. The third kappa shape index (κ3) is 4.88. The third-order valence-corrected chi connectivity index (χ3v) is 5.83. The number of rotatable bonds is 9. The summed E-state index contributed by atoms with van der Waals surface area (Å²) >= 11 is 0. The van der Waals surface area contributed by atoms with E-state index < -0.39 is 10.0 Å². The molecule has 4 rings (SSSR count). The number of H-pyrrole nitrogens is 1. The molecule has 1 aliphatic rings. The molecule has 29 heavy (non-hydrogen) atoms. The van der Waals surface area contributed by atoms with E-state index in [9.17, 15) is 8.42 Å². The Labute approximate surface area is 175 Å². The number of aromatic amines is 1. The number of aliphatic hydroxyl groups excluding tert-OH is 1. The van der Waals surface area contributed by atoms with Gasteiger partial charge in [-0.15, -0.1) is 0 Å². The molecule has 1 aliphatic carbocycles. The summed E-state index contributed by atoms with van der Waals surface area (Å²) in [6, 6.07) is 9.88. The number of anilines is 4. The first-order valence-corrected chi connectivity index (χ1v) is 10.6. The standard InChI is InChI=1S/C18H21N7O3S.5H2/c26-10-9-20-29(27,28)14-5-3-13(4-6-14)21-18-19-8-7-16(23-18)22-17-11-15(24-25-17)12-1-2-12;;;;;/h3-8,11-12,20,26H,1-2,9-10H2,(H3,19,21,22,23,24,25);5*1H. The Morgan fingerprint density at radius 1 is 1.14 bits per heavy atom. The van der Waals surface area contributed by atoms with Crippen LogP contribution in [0.2, 0.25) is 0 Å². The van der Waals surface area contributed by atoms with Gasteiger partial charge in [0, 0.05) is 43.2 Å². The lowest BCUT2D eigenvalue weighted by molar-refractivity contribution is 0.301. The van der Waals surface area contributed by atoms with Gasteiger partial charge in [-0.05, 0) is 43.2 Å². The van der Waals surface area contributed by atoms with Gasteiger partial charge in [-0.2, -0.15) is 10.1 Å². The van der Waals surface area contributed by atoms with Crippen LogP contribution in [0.15, 0.2) is 47.5 Å². The minimum atomic E-state index is -3.64. The van der Waals surface area contributed by atoms with Crippen LogP contribution in [-0.4, -0.2) is 46.8 Å². The Bertz CT molecular complexity index is 1100. The van der Waals surface area contributed by atoms with Gasteiger partial charge in [-0.1, -0.05) is 0 Å². The van der Waals surface area contributed by atoms with Gasteiger partial charge in [0.2, 0.25) is 16.0 Å². The van der Waals surface area contributed by atoms with Crippen LogP contribution in [0.4, 0.5) is 23.3 Å². The Hall–Kier alpha value is -3.02. The lowest BCUT2D eigenvalue weighted by Gasteiger charge is -2.09. The van der Waals surface area contributed by atoms with Crippen molar-refractivity contribution in [3.63, 3.8) is 0 Å². The van der Waals surface area contributed by atoms with Gasteiger partial charge in [0.1, 0.15) is 5.82 Å². The molecule has 1 aromatic carbocycles. The molecule has 10 nitrogen and oxygen atoms in total. The summed E-state index contributed by atoms with van der Waals surface area (Å²) in [5.41, 5.74) is 1.77. The zero-order chi connectivity index (χ0) is 20.3. The molecule has 1 fully saturated rings. The quantitative estimate of drug-likeness (QED) is 0.352. The maximum absolute atomic E-state index is 12.0. The summed E-state index contributed by atoms with van der Waals surface area (Å²) in [6.07, 6.45) is 4.01. The molecule has 2 heterocycles. The van der Waals surface area contributed by atoms with Crippen LogP contribution in [0.1, 0.15) is 31.6 Å². The van der Waals surface area contributed by atoms with Crippen LogP contribution >= 0.6 is 0 Å². The molecule has 0 atom stereocenters. The van der Waals surface area contributed by atoms with E-state index >= 15 is 0 Å². The van der Waals surface area contributed by atoms with Crippen LogP contribution in [0.3, 0.4) is 0 Å². The predicted molar refractivity (Wildman–Crippen MR) is 118 cm³/mol. The second-order valence-corrected chi connectivity index (χ2v) is 8.41. The molecule has 162 valence electrons.